The molecule has 0 heterocycles. The molecule has 9 heteroatoms. The van der Waals surface area contributed by atoms with Gasteiger partial charge in [0.1, 0.15) is 11.6 Å². The average Bonchev–Trinajstić information content (AvgIpc) is 2.96. The molecule has 43 heavy (non-hydrogen) atoms. The van der Waals surface area contributed by atoms with Crippen LogP contribution in [0.2, 0.25) is 5.02 Å². The fourth-order valence-electron chi connectivity index (χ4n) is 5.71. The number of carbonyl (C=O) groups is 4. The third-order valence-corrected chi connectivity index (χ3v) is 8.14. The summed E-state index contributed by atoms with van der Waals surface area (Å²) in [6.45, 7) is 5.29. The molecule has 0 aliphatic heterocycles. The van der Waals surface area contributed by atoms with Crippen molar-refractivity contribution in [2.45, 2.75) is 76.6 Å². The molecule has 1 fully saturated rings. The Hall–Kier alpha value is -4.17. The molecule has 224 valence electrons. The summed E-state index contributed by atoms with van der Waals surface area (Å²) in [4.78, 5) is 52.5. The maximum absolute atomic E-state index is 13.4. The Morgan fingerprint density at radius 2 is 1.44 bits per heavy atom. The van der Waals surface area contributed by atoms with Crippen LogP contribution in [0.15, 0.2) is 66.7 Å². The molecular weight excluding hydrogens is 566 g/mol. The molecule has 2 aliphatic rings. The zero-order chi connectivity index (χ0) is 30.7. The van der Waals surface area contributed by atoms with Crippen LogP contribution in [-0.2, 0) is 16.0 Å². The van der Waals surface area contributed by atoms with Crippen molar-refractivity contribution in [3.8, 4) is 0 Å². The first kappa shape index (κ1) is 30.3. The molecule has 0 bridgehead atoms. The topological polar surface area (TPSA) is 114 Å². The highest BCUT2D eigenvalue weighted by molar-refractivity contribution is 6.31. The van der Waals surface area contributed by atoms with Crippen molar-refractivity contribution in [1.29, 1.82) is 0 Å². The number of benzene rings is 3. The number of carbonyl (C=O) groups excluding carboxylic acids is 4. The summed E-state index contributed by atoms with van der Waals surface area (Å²) in [5.74, 6) is -0.606. The van der Waals surface area contributed by atoms with E-state index in [0.717, 1.165) is 18.4 Å². The number of alkyl carbamates (subject to hydrolysis) is 1. The fraction of sp³-hybridized carbons (Fsp3) is 0.353. The largest absolute Gasteiger partial charge is 0.444 e. The van der Waals surface area contributed by atoms with E-state index < -0.39 is 17.7 Å². The molecule has 3 aromatic carbocycles. The number of anilines is 1. The van der Waals surface area contributed by atoms with Gasteiger partial charge >= 0.3 is 6.09 Å². The lowest BCUT2D eigenvalue weighted by Gasteiger charge is -2.32. The van der Waals surface area contributed by atoms with Crippen LogP contribution in [0.25, 0.3) is 0 Å². The minimum absolute atomic E-state index is 0.0681. The number of halogens is 1. The van der Waals surface area contributed by atoms with Gasteiger partial charge in [-0.2, -0.15) is 0 Å². The average molecular weight is 602 g/mol. The molecule has 1 saturated carbocycles. The van der Waals surface area contributed by atoms with Crippen LogP contribution in [0.5, 0.6) is 0 Å². The molecule has 1 atom stereocenters. The van der Waals surface area contributed by atoms with E-state index in [1.54, 1.807) is 63.2 Å². The SMILES string of the molecule is CC(C)(C)OC(=O)N[C@@H](Cc1ccccc1Cl)C(=O)NC1CCC(Nc2cccc3c2C(=O)c2ccccc2C3=O)CC1. The van der Waals surface area contributed by atoms with Gasteiger partial charge in [-0.3, -0.25) is 14.4 Å². The molecule has 0 saturated heterocycles. The Balaban J connectivity index is 1.22. The smallest absolute Gasteiger partial charge is 0.408 e. The monoisotopic (exact) mass is 601 g/mol. The van der Waals surface area contributed by atoms with E-state index >= 15 is 0 Å². The number of ether oxygens (including phenoxy) is 1. The van der Waals surface area contributed by atoms with Crippen molar-refractivity contribution in [3.05, 3.63) is 99.6 Å². The van der Waals surface area contributed by atoms with Crippen molar-refractivity contribution in [1.82, 2.24) is 10.6 Å². The van der Waals surface area contributed by atoms with Gasteiger partial charge < -0.3 is 20.7 Å². The quantitative estimate of drug-likeness (QED) is 0.236. The van der Waals surface area contributed by atoms with Gasteiger partial charge in [0, 0.05) is 45.9 Å². The third-order valence-electron chi connectivity index (χ3n) is 7.77. The Morgan fingerprint density at radius 3 is 2.12 bits per heavy atom. The van der Waals surface area contributed by atoms with E-state index in [-0.39, 0.29) is 36.0 Å². The highest BCUT2D eigenvalue weighted by atomic mass is 35.5. The Bertz CT molecular complexity index is 1560. The Kier molecular flexibility index (Phi) is 8.87. The molecule has 0 radical (unpaired) electrons. The van der Waals surface area contributed by atoms with Crippen LogP contribution < -0.4 is 16.0 Å². The number of ketones is 2. The second-order valence-electron chi connectivity index (χ2n) is 12.1. The second kappa shape index (κ2) is 12.6. The lowest BCUT2D eigenvalue weighted by Crippen LogP contribution is -2.52. The summed E-state index contributed by atoms with van der Waals surface area (Å²) < 4.78 is 5.40. The van der Waals surface area contributed by atoms with Crippen molar-refractivity contribution < 1.29 is 23.9 Å². The van der Waals surface area contributed by atoms with E-state index in [1.807, 2.05) is 24.3 Å². The lowest BCUT2D eigenvalue weighted by atomic mass is 9.83. The number of amides is 2. The molecule has 0 spiro atoms. The molecule has 0 aromatic heterocycles. The van der Waals surface area contributed by atoms with Crippen molar-refractivity contribution in [2.75, 3.05) is 5.32 Å². The van der Waals surface area contributed by atoms with E-state index in [1.165, 1.54) is 0 Å². The molecule has 3 aromatic rings. The van der Waals surface area contributed by atoms with Crippen LogP contribution in [0.3, 0.4) is 0 Å². The maximum Gasteiger partial charge on any atom is 0.408 e. The molecule has 5 rings (SSSR count). The number of fused-ring (bicyclic) bond motifs is 2. The number of rotatable bonds is 7. The van der Waals surface area contributed by atoms with E-state index in [9.17, 15) is 19.2 Å². The standard InChI is InChI=1S/C34H36ClN3O5/c1-34(2,3)43-33(42)38-28(19-20-9-4-7-13-26(20)35)32(41)37-22-17-15-21(16-18-22)36-27-14-8-12-25-29(27)31(40)24-11-6-5-10-23(24)30(25)39/h4-14,21-22,28,36H,15-19H2,1-3H3,(H,37,41)(H,38,42)/t21?,22?,28-/m0/s1. The first-order chi connectivity index (χ1) is 20.5. The Morgan fingerprint density at radius 1 is 0.837 bits per heavy atom. The van der Waals surface area contributed by atoms with Crippen molar-refractivity contribution in [2.24, 2.45) is 0 Å². The zero-order valence-corrected chi connectivity index (χ0v) is 25.3. The molecule has 8 nitrogen and oxygen atoms in total. The molecular formula is C34H36ClN3O5. The fourth-order valence-corrected chi connectivity index (χ4v) is 5.92. The van der Waals surface area contributed by atoms with Crippen LogP contribution in [0.1, 0.15) is 83.9 Å². The van der Waals surface area contributed by atoms with Crippen LogP contribution >= 0.6 is 11.6 Å². The summed E-state index contributed by atoms with van der Waals surface area (Å²) in [5.41, 5.74) is 2.37. The maximum atomic E-state index is 13.4. The van der Waals surface area contributed by atoms with Gasteiger partial charge in [0.25, 0.3) is 0 Å². The molecule has 2 amide bonds. The highest BCUT2D eigenvalue weighted by Gasteiger charge is 2.33. The second-order valence-corrected chi connectivity index (χ2v) is 12.5. The van der Waals surface area contributed by atoms with Gasteiger partial charge in [-0.05, 0) is 64.2 Å². The van der Waals surface area contributed by atoms with Crippen LogP contribution in [-0.4, -0.2) is 47.3 Å². The van der Waals surface area contributed by atoms with Crippen molar-refractivity contribution >= 4 is 40.9 Å². The van der Waals surface area contributed by atoms with E-state index in [0.29, 0.717) is 45.8 Å². The van der Waals surface area contributed by atoms with E-state index in [4.69, 9.17) is 16.3 Å². The number of hydrogen-bond donors (Lipinski definition) is 3. The summed E-state index contributed by atoms with van der Waals surface area (Å²) in [5, 5.41) is 9.84. The summed E-state index contributed by atoms with van der Waals surface area (Å²) in [7, 11) is 0. The Labute approximate surface area is 256 Å². The van der Waals surface area contributed by atoms with Gasteiger partial charge in [-0.25, -0.2) is 4.79 Å². The summed E-state index contributed by atoms with van der Waals surface area (Å²) in [6, 6.07) is 18.6. The minimum Gasteiger partial charge on any atom is -0.444 e. The summed E-state index contributed by atoms with van der Waals surface area (Å²) >= 11 is 6.35. The third kappa shape index (κ3) is 7.08. The molecule has 0 unspecified atom stereocenters. The predicted octanol–water partition coefficient (Wildman–Crippen LogP) is 6.09. The van der Waals surface area contributed by atoms with Gasteiger partial charge in [-0.15, -0.1) is 0 Å². The van der Waals surface area contributed by atoms with Gasteiger partial charge in [0.2, 0.25) is 5.91 Å². The normalized spacial score (nSPS) is 18.6. The van der Waals surface area contributed by atoms with E-state index in [2.05, 4.69) is 16.0 Å². The highest BCUT2D eigenvalue weighted by Crippen LogP contribution is 2.33. The first-order valence-corrected chi connectivity index (χ1v) is 15.0. The summed E-state index contributed by atoms with van der Waals surface area (Å²) in [6.07, 6.45) is 2.47. The number of nitrogens with one attached hydrogen (secondary N) is 3. The van der Waals surface area contributed by atoms with Crippen LogP contribution in [0, 0.1) is 0 Å². The van der Waals surface area contributed by atoms with Crippen LogP contribution in [0.4, 0.5) is 10.5 Å². The lowest BCUT2D eigenvalue weighted by molar-refractivity contribution is -0.124. The molecule has 3 N–H and O–H groups in total. The van der Waals surface area contributed by atoms with Gasteiger partial charge in [-0.1, -0.05) is 66.2 Å². The van der Waals surface area contributed by atoms with Gasteiger partial charge in [0.15, 0.2) is 11.6 Å². The number of hydrogen-bond acceptors (Lipinski definition) is 6. The van der Waals surface area contributed by atoms with Gasteiger partial charge in [0.05, 0.1) is 5.56 Å². The minimum atomic E-state index is -0.868. The van der Waals surface area contributed by atoms with Crippen molar-refractivity contribution in [3.63, 3.8) is 0 Å². The zero-order valence-electron chi connectivity index (χ0n) is 24.5. The molecule has 2 aliphatic carbocycles. The first-order valence-electron chi connectivity index (χ1n) is 14.6. The predicted molar refractivity (Wildman–Crippen MR) is 166 cm³/mol.